The van der Waals surface area contributed by atoms with Crippen molar-refractivity contribution in [1.82, 2.24) is 30.1 Å². The van der Waals surface area contributed by atoms with Crippen molar-refractivity contribution in [2.75, 3.05) is 5.32 Å². The van der Waals surface area contributed by atoms with Crippen LogP contribution in [0.15, 0.2) is 67.1 Å². The molecule has 0 saturated heterocycles. The number of carbonyl (C=O) groups excluding carboxylic acids is 1. The number of carbonyl (C=O) groups is 1. The number of hydrogen-bond acceptors (Lipinski definition) is 5. The Balaban J connectivity index is 1.43. The Bertz CT molecular complexity index is 1880. The number of benzene rings is 2. The molecule has 3 N–H and O–H groups in total. The highest BCUT2D eigenvalue weighted by molar-refractivity contribution is 5.98. The van der Waals surface area contributed by atoms with Gasteiger partial charge in [0.2, 0.25) is 5.91 Å². The van der Waals surface area contributed by atoms with Crippen molar-refractivity contribution in [2.45, 2.75) is 20.8 Å². The number of aromatic amines is 2. The maximum atomic E-state index is 15.2. The summed E-state index contributed by atoms with van der Waals surface area (Å²) in [6.07, 6.45) is 4.68. The average Bonchev–Trinajstić information content (AvgIpc) is 3.51. The lowest BCUT2D eigenvalue weighted by molar-refractivity contribution is -0.123. The number of nitrogens with one attached hydrogen (secondary N) is 3. The Morgan fingerprint density at radius 1 is 0.949 bits per heavy atom. The Labute approximate surface area is 221 Å². The van der Waals surface area contributed by atoms with Gasteiger partial charge in [-0.25, -0.2) is 13.8 Å². The molecule has 6 aromatic rings. The fourth-order valence-corrected chi connectivity index (χ4v) is 4.31. The van der Waals surface area contributed by atoms with Gasteiger partial charge in [0.15, 0.2) is 5.82 Å². The summed E-state index contributed by atoms with van der Waals surface area (Å²) >= 11 is 0. The van der Waals surface area contributed by atoms with Crippen LogP contribution in [0.2, 0.25) is 0 Å². The first-order chi connectivity index (χ1) is 18.7. The molecule has 0 bridgehead atoms. The van der Waals surface area contributed by atoms with Gasteiger partial charge in [-0.1, -0.05) is 32.9 Å². The van der Waals surface area contributed by atoms with Crippen LogP contribution in [0.5, 0.6) is 0 Å². The second kappa shape index (κ2) is 9.09. The lowest BCUT2D eigenvalue weighted by Gasteiger charge is -2.17. The molecule has 0 saturated carbocycles. The fourth-order valence-electron chi connectivity index (χ4n) is 4.31. The lowest BCUT2D eigenvalue weighted by Crippen LogP contribution is -2.27. The van der Waals surface area contributed by atoms with E-state index < -0.39 is 11.2 Å². The quantitative estimate of drug-likeness (QED) is 0.244. The van der Waals surface area contributed by atoms with Crippen LogP contribution in [-0.4, -0.2) is 36.0 Å². The van der Waals surface area contributed by atoms with Crippen molar-refractivity contribution in [3.63, 3.8) is 0 Å². The molecule has 39 heavy (non-hydrogen) atoms. The Kier molecular flexibility index (Phi) is 5.67. The summed E-state index contributed by atoms with van der Waals surface area (Å²) in [6.45, 7) is 5.43. The summed E-state index contributed by atoms with van der Waals surface area (Å²) in [7, 11) is 0. The summed E-state index contributed by atoms with van der Waals surface area (Å²) in [4.78, 5) is 29.0. The van der Waals surface area contributed by atoms with Crippen LogP contribution in [0.3, 0.4) is 0 Å². The van der Waals surface area contributed by atoms with E-state index in [4.69, 9.17) is 4.98 Å². The third-order valence-corrected chi connectivity index (χ3v) is 6.36. The molecule has 2 aromatic carbocycles. The van der Waals surface area contributed by atoms with Crippen LogP contribution in [0, 0.1) is 17.0 Å². The predicted octanol–water partition coefficient (Wildman–Crippen LogP) is 6.49. The number of anilines is 1. The van der Waals surface area contributed by atoms with E-state index in [0.717, 1.165) is 0 Å². The lowest BCUT2D eigenvalue weighted by atomic mass is 9.95. The number of fused-ring (bicyclic) bond motifs is 2. The molecule has 8 nitrogen and oxygen atoms in total. The van der Waals surface area contributed by atoms with E-state index in [1.807, 2.05) is 20.8 Å². The molecular formula is C29H23F2N7O. The van der Waals surface area contributed by atoms with Gasteiger partial charge in [-0.2, -0.15) is 5.10 Å². The molecule has 1 amide bonds. The van der Waals surface area contributed by atoms with Gasteiger partial charge in [0.25, 0.3) is 0 Å². The van der Waals surface area contributed by atoms with Crippen molar-refractivity contribution in [3.05, 3.63) is 78.8 Å². The molecule has 6 rings (SSSR count). The Morgan fingerprint density at radius 3 is 2.59 bits per heavy atom. The summed E-state index contributed by atoms with van der Waals surface area (Å²) < 4.78 is 29.1. The normalized spacial score (nSPS) is 11.8. The van der Waals surface area contributed by atoms with Gasteiger partial charge >= 0.3 is 0 Å². The van der Waals surface area contributed by atoms with Crippen molar-refractivity contribution < 1.29 is 13.6 Å². The largest absolute Gasteiger partial charge is 0.336 e. The van der Waals surface area contributed by atoms with Gasteiger partial charge < -0.3 is 10.3 Å². The SMILES string of the molecule is CC(C)(C)C(=O)Nc1cncc(-c2cc3c(-c4nc5c(-c6cccc(F)c6)nccc5[nH]4)n[nH]c3cc2F)c1. The summed E-state index contributed by atoms with van der Waals surface area (Å²) in [5, 5.41) is 10.7. The van der Waals surface area contributed by atoms with Crippen molar-refractivity contribution >= 4 is 33.5 Å². The van der Waals surface area contributed by atoms with Crippen molar-refractivity contribution in [1.29, 1.82) is 0 Å². The molecule has 0 fully saturated rings. The average molecular weight is 524 g/mol. The zero-order chi connectivity index (χ0) is 27.3. The molecule has 0 atom stereocenters. The van der Waals surface area contributed by atoms with Crippen LogP contribution < -0.4 is 5.32 Å². The molecular weight excluding hydrogens is 500 g/mol. The summed E-state index contributed by atoms with van der Waals surface area (Å²) in [5.41, 5.74) is 4.02. The van der Waals surface area contributed by atoms with E-state index in [2.05, 4.69) is 30.5 Å². The number of halogens is 2. The first kappa shape index (κ1) is 24.4. The number of nitrogens with zero attached hydrogens (tertiary/aromatic N) is 4. The molecule has 0 spiro atoms. The maximum Gasteiger partial charge on any atom is 0.229 e. The minimum atomic E-state index is -0.595. The molecule has 0 aliphatic rings. The van der Waals surface area contributed by atoms with Crippen LogP contribution in [0.1, 0.15) is 20.8 Å². The second-order valence-corrected chi connectivity index (χ2v) is 10.3. The first-order valence-corrected chi connectivity index (χ1v) is 12.2. The van der Waals surface area contributed by atoms with E-state index in [0.29, 0.717) is 61.5 Å². The van der Waals surface area contributed by atoms with Gasteiger partial charge in [-0.3, -0.25) is 19.9 Å². The molecule has 10 heteroatoms. The van der Waals surface area contributed by atoms with Crippen LogP contribution in [0.4, 0.5) is 14.5 Å². The molecule has 0 radical (unpaired) electrons. The minimum Gasteiger partial charge on any atom is -0.336 e. The Hall–Kier alpha value is -4.99. The fraction of sp³-hybridized carbons (Fsp3) is 0.138. The van der Waals surface area contributed by atoms with E-state index in [1.54, 1.807) is 36.5 Å². The maximum absolute atomic E-state index is 15.2. The third-order valence-electron chi connectivity index (χ3n) is 6.36. The van der Waals surface area contributed by atoms with Gasteiger partial charge in [0.05, 0.1) is 28.6 Å². The van der Waals surface area contributed by atoms with E-state index in [1.165, 1.54) is 30.6 Å². The topological polar surface area (TPSA) is 112 Å². The van der Waals surface area contributed by atoms with E-state index in [-0.39, 0.29) is 11.7 Å². The highest BCUT2D eigenvalue weighted by atomic mass is 19.1. The van der Waals surface area contributed by atoms with Crippen molar-refractivity contribution in [3.8, 4) is 33.9 Å². The van der Waals surface area contributed by atoms with Gasteiger partial charge in [0, 0.05) is 46.0 Å². The smallest absolute Gasteiger partial charge is 0.229 e. The highest BCUT2D eigenvalue weighted by Gasteiger charge is 2.22. The van der Waals surface area contributed by atoms with Crippen LogP contribution in [-0.2, 0) is 4.79 Å². The number of amides is 1. The number of hydrogen-bond donors (Lipinski definition) is 3. The Morgan fingerprint density at radius 2 is 1.79 bits per heavy atom. The number of rotatable bonds is 4. The molecule has 0 aliphatic heterocycles. The van der Waals surface area contributed by atoms with E-state index in [9.17, 15) is 9.18 Å². The molecule has 0 unspecified atom stereocenters. The minimum absolute atomic E-state index is 0.175. The summed E-state index contributed by atoms with van der Waals surface area (Å²) in [6, 6.07) is 12.7. The third kappa shape index (κ3) is 4.50. The first-order valence-electron chi connectivity index (χ1n) is 12.2. The van der Waals surface area contributed by atoms with E-state index >= 15 is 4.39 Å². The number of H-pyrrole nitrogens is 2. The number of imidazole rings is 1. The van der Waals surface area contributed by atoms with Crippen LogP contribution in [0.25, 0.3) is 55.8 Å². The monoisotopic (exact) mass is 523 g/mol. The van der Waals surface area contributed by atoms with Gasteiger partial charge in [-0.15, -0.1) is 0 Å². The number of aromatic nitrogens is 6. The molecule has 0 aliphatic carbocycles. The standard InChI is InChI=1S/C29H23F2N7O/c1-29(2,3)28(39)34-18-10-16(13-32-14-18)19-11-20-23(12-21(19)31)37-38-25(20)27-35-22-7-8-33-24(26(22)36-27)15-5-4-6-17(30)9-15/h4-14H,1-3H3,(H,34,39)(H,35,36)(H,37,38). The molecule has 4 heterocycles. The zero-order valence-electron chi connectivity index (χ0n) is 21.3. The van der Waals surface area contributed by atoms with Crippen LogP contribution >= 0.6 is 0 Å². The zero-order valence-corrected chi connectivity index (χ0v) is 21.3. The summed E-state index contributed by atoms with van der Waals surface area (Å²) in [5.74, 6) is -0.567. The second-order valence-electron chi connectivity index (χ2n) is 10.3. The molecule has 194 valence electrons. The van der Waals surface area contributed by atoms with Gasteiger partial charge in [0.1, 0.15) is 22.8 Å². The highest BCUT2D eigenvalue weighted by Crippen LogP contribution is 2.34. The predicted molar refractivity (Wildman–Crippen MR) is 146 cm³/mol. The molecule has 4 aromatic heterocycles. The number of pyridine rings is 2. The van der Waals surface area contributed by atoms with Crippen molar-refractivity contribution in [2.24, 2.45) is 5.41 Å². The van der Waals surface area contributed by atoms with Gasteiger partial charge in [-0.05, 0) is 30.3 Å².